The first-order valence-electron chi connectivity index (χ1n) is 8.24. The van der Waals surface area contributed by atoms with Gasteiger partial charge in [0, 0.05) is 38.4 Å². The lowest BCUT2D eigenvalue weighted by Crippen LogP contribution is -2.49. The zero-order chi connectivity index (χ0) is 15.2. The Labute approximate surface area is 132 Å². The van der Waals surface area contributed by atoms with Crippen molar-refractivity contribution in [1.29, 1.82) is 0 Å². The van der Waals surface area contributed by atoms with E-state index in [1.54, 1.807) is 13.3 Å². The van der Waals surface area contributed by atoms with Crippen LogP contribution >= 0.6 is 0 Å². The fraction of sp³-hybridized carbons (Fsp3) is 0.750. The maximum absolute atomic E-state index is 5.45. The molecule has 2 fully saturated rings. The molecule has 3 heterocycles. The molecule has 22 heavy (non-hydrogen) atoms. The Bertz CT molecular complexity index is 465. The molecule has 0 spiro atoms. The molecule has 0 aromatic carbocycles. The van der Waals surface area contributed by atoms with Crippen LogP contribution in [0.2, 0.25) is 0 Å². The number of morpholine rings is 1. The van der Waals surface area contributed by atoms with E-state index in [1.165, 1.54) is 19.3 Å². The van der Waals surface area contributed by atoms with Crippen molar-refractivity contribution >= 4 is 0 Å². The van der Waals surface area contributed by atoms with Gasteiger partial charge in [0.25, 0.3) is 0 Å². The Balaban J connectivity index is 1.61. The third-order valence-electron chi connectivity index (χ3n) is 4.56. The van der Waals surface area contributed by atoms with Crippen molar-refractivity contribution in [2.24, 2.45) is 0 Å². The number of piperidine rings is 1. The van der Waals surface area contributed by atoms with Gasteiger partial charge in [-0.3, -0.25) is 14.8 Å². The molecule has 0 N–H and O–H groups in total. The Morgan fingerprint density at radius 1 is 1.23 bits per heavy atom. The molecule has 0 aliphatic carbocycles. The lowest BCUT2D eigenvalue weighted by molar-refractivity contribution is 0.0150. The Hall–Kier alpha value is -1.24. The molecule has 0 radical (unpaired) electrons. The molecule has 0 saturated carbocycles. The maximum atomic E-state index is 5.45. The van der Waals surface area contributed by atoms with E-state index >= 15 is 0 Å². The van der Waals surface area contributed by atoms with Gasteiger partial charge < -0.3 is 9.47 Å². The third kappa shape index (κ3) is 4.15. The first-order chi connectivity index (χ1) is 10.8. The number of likely N-dealkylation sites (tertiary alicyclic amines) is 1. The van der Waals surface area contributed by atoms with E-state index in [0.717, 1.165) is 51.6 Å². The monoisotopic (exact) mass is 306 g/mol. The molecule has 0 amide bonds. The summed E-state index contributed by atoms with van der Waals surface area (Å²) in [5.41, 5.74) is 0.994. The molecule has 2 aliphatic rings. The molecule has 1 atom stereocenters. The predicted octanol–water partition coefficient (Wildman–Crippen LogP) is 1.17. The number of methoxy groups -OCH3 is 1. The van der Waals surface area contributed by atoms with Crippen LogP contribution in [0.1, 0.15) is 25.0 Å². The van der Waals surface area contributed by atoms with Gasteiger partial charge in [0.1, 0.15) is 0 Å². The highest BCUT2D eigenvalue weighted by molar-refractivity contribution is 5.08. The lowest BCUT2D eigenvalue weighted by Gasteiger charge is -2.39. The van der Waals surface area contributed by atoms with Crippen molar-refractivity contribution in [1.82, 2.24) is 19.8 Å². The van der Waals surface area contributed by atoms with E-state index in [9.17, 15) is 0 Å². The van der Waals surface area contributed by atoms with Crippen molar-refractivity contribution < 1.29 is 9.47 Å². The quantitative estimate of drug-likeness (QED) is 0.814. The highest BCUT2D eigenvalue weighted by Crippen LogP contribution is 2.20. The lowest BCUT2D eigenvalue weighted by atomic mass is 10.0. The molecule has 1 unspecified atom stereocenters. The summed E-state index contributed by atoms with van der Waals surface area (Å²) in [5, 5.41) is 0. The number of hydrogen-bond acceptors (Lipinski definition) is 6. The summed E-state index contributed by atoms with van der Waals surface area (Å²) in [4.78, 5) is 13.8. The van der Waals surface area contributed by atoms with Crippen LogP contribution in [-0.4, -0.2) is 72.3 Å². The first-order valence-corrected chi connectivity index (χ1v) is 8.24. The van der Waals surface area contributed by atoms with Crippen LogP contribution in [-0.2, 0) is 11.3 Å². The van der Waals surface area contributed by atoms with E-state index in [0.29, 0.717) is 11.9 Å². The summed E-state index contributed by atoms with van der Waals surface area (Å²) in [7, 11) is 1.63. The molecule has 1 aromatic heterocycles. The Morgan fingerprint density at radius 2 is 2.09 bits per heavy atom. The van der Waals surface area contributed by atoms with Crippen LogP contribution in [0.5, 0.6) is 5.88 Å². The standard InChI is InChI=1S/C16H26N4O2/c1-21-16-11-17-10-14(18-16)12-20-5-3-2-4-15(20)13-19-6-8-22-9-7-19/h10-11,15H,2-9,12-13H2,1H3. The first kappa shape index (κ1) is 15.6. The van der Waals surface area contributed by atoms with Gasteiger partial charge >= 0.3 is 0 Å². The Morgan fingerprint density at radius 3 is 2.91 bits per heavy atom. The molecule has 3 rings (SSSR count). The zero-order valence-corrected chi connectivity index (χ0v) is 13.4. The van der Waals surface area contributed by atoms with Crippen molar-refractivity contribution in [3.63, 3.8) is 0 Å². The Kier molecular flexibility index (Phi) is 5.58. The number of ether oxygens (including phenoxy) is 2. The fourth-order valence-corrected chi connectivity index (χ4v) is 3.33. The molecule has 1 aromatic rings. The minimum atomic E-state index is 0.597. The van der Waals surface area contributed by atoms with Crippen molar-refractivity contribution in [3.8, 4) is 5.88 Å². The van der Waals surface area contributed by atoms with Crippen LogP contribution in [0.15, 0.2) is 12.4 Å². The van der Waals surface area contributed by atoms with Crippen LogP contribution in [0.3, 0.4) is 0 Å². The second kappa shape index (κ2) is 7.85. The third-order valence-corrected chi connectivity index (χ3v) is 4.56. The normalized spacial score (nSPS) is 24.3. The number of hydrogen-bond donors (Lipinski definition) is 0. The molecular formula is C16H26N4O2. The number of aromatic nitrogens is 2. The smallest absolute Gasteiger partial charge is 0.232 e. The molecule has 2 aliphatic heterocycles. The van der Waals surface area contributed by atoms with Gasteiger partial charge in [-0.15, -0.1) is 0 Å². The van der Waals surface area contributed by atoms with E-state index < -0.39 is 0 Å². The summed E-state index contributed by atoms with van der Waals surface area (Å²) in [6.45, 7) is 7.00. The largest absolute Gasteiger partial charge is 0.480 e. The fourth-order valence-electron chi connectivity index (χ4n) is 3.33. The van der Waals surface area contributed by atoms with Gasteiger partial charge in [-0.1, -0.05) is 6.42 Å². The highest BCUT2D eigenvalue weighted by atomic mass is 16.5. The van der Waals surface area contributed by atoms with Crippen molar-refractivity contribution in [3.05, 3.63) is 18.1 Å². The minimum absolute atomic E-state index is 0.597. The summed E-state index contributed by atoms with van der Waals surface area (Å²) >= 11 is 0. The molecule has 2 saturated heterocycles. The van der Waals surface area contributed by atoms with E-state index in [-0.39, 0.29) is 0 Å². The van der Waals surface area contributed by atoms with E-state index in [4.69, 9.17) is 9.47 Å². The summed E-state index contributed by atoms with van der Waals surface area (Å²) in [6.07, 6.45) is 7.38. The van der Waals surface area contributed by atoms with Crippen molar-refractivity contribution in [2.75, 3.05) is 46.5 Å². The van der Waals surface area contributed by atoms with Crippen LogP contribution in [0.25, 0.3) is 0 Å². The SMILES string of the molecule is COc1cncc(CN2CCCCC2CN2CCOCC2)n1. The van der Waals surface area contributed by atoms with Gasteiger partial charge in [-0.25, -0.2) is 4.98 Å². The molecular weight excluding hydrogens is 280 g/mol. The average molecular weight is 306 g/mol. The molecule has 6 nitrogen and oxygen atoms in total. The molecule has 6 heteroatoms. The predicted molar refractivity (Wildman–Crippen MR) is 83.9 cm³/mol. The second-order valence-electron chi connectivity index (χ2n) is 6.09. The number of nitrogens with zero attached hydrogens (tertiary/aromatic N) is 4. The number of rotatable bonds is 5. The van der Waals surface area contributed by atoms with Gasteiger partial charge in [0.2, 0.25) is 5.88 Å². The van der Waals surface area contributed by atoms with Gasteiger partial charge in [0.15, 0.2) is 0 Å². The van der Waals surface area contributed by atoms with Crippen LogP contribution < -0.4 is 4.74 Å². The topological polar surface area (TPSA) is 50.7 Å². The summed E-state index contributed by atoms with van der Waals surface area (Å²) in [6, 6.07) is 0.611. The second-order valence-corrected chi connectivity index (χ2v) is 6.09. The maximum Gasteiger partial charge on any atom is 0.232 e. The summed E-state index contributed by atoms with van der Waals surface area (Å²) < 4.78 is 10.6. The highest BCUT2D eigenvalue weighted by Gasteiger charge is 2.25. The average Bonchev–Trinajstić information content (AvgIpc) is 2.58. The van der Waals surface area contributed by atoms with Gasteiger partial charge in [-0.05, 0) is 19.4 Å². The van der Waals surface area contributed by atoms with Gasteiger partial charge in [-0.2, -0.15) is 0 Å². The zero-order valence-electron chi connectivity index (χ0n) is 13.4. The molecule has 0 bridgehead atoms. The van der Waals surface area contributed by atoms with Crippen LogP contribution in [0.4, 0.5) is 0 Å². The van der Waals surface area contributed by atoms with E-state index in [1.807, 2.05) is 6.20 Å². The minimum Gasteiger partial charge on any atom is -0.480 e. The summed E-state index contributed by atoms with van der Waals surface area (Å²) in [5.74, 6) is 0.597. The van der Waals surface area contributed by atoms with E-state index in [2.05, 4.69) is 19.8 Å². The molecule has 122 valence electrons. The van der Waals surface area contributed by atoms with Crippen molar-refractivity contribution in [2.45, 2.75) is 31.8 Å². The van der Waals surface area contributed by atoms with Crippen LogP contribution in [0, 0.1) is 0 Å². The van der Waals surface area contributed by atoms with Gasteiger partial charge in [0.05, 0.1) is 32.2 Å².